The van der Waals surface area contributed by atoms with Gasteiger partial charge in [0, 0.05) is 11.8 Å². The number of carbonyl (C=O) groups excluding carboxylic acids is 1. The fraction of sp³-hybridized carbons (Fsp3) is 0.286. The van der Waals surface area contributed by atoms with Crippen molar-refractivity contribution in [3.63, 3.8) is 0 Å². The lowest BCUT2D eigenvalue weighted by molar-refractivity contribution is -0.143. The van der Waals surface area contributed by atoms with Crippen LogP contribution >= 0.6 is 34.8 Å². The maximum absolute atomic E-state index is 11.4. The van der Waals surface area contributed by atoms with E-state index in [1.54, 1.807) is 25.1 Å². The highest BCUT2D eigenvalue weighted by Gasteiger charge is 2.15. The summed E-state index contributed by atoms with van der Waals surface area (Å²) in [5, 5.41) is 1.82. The topological polar surface area (TPSA) is 39.2 Å². The van der Waals surface area contributed by atoms with Crippen molar-refractivity contribution in [2.45, 2.75) is 19.8 Å². The highest BCUT2D eigenvalue weighted by atomic mass is 35.5. The minimum absolute atomic E-state index is 0.211. The molecule has 2 rings (SSSR count). The molecule has 0 N–H and O–H groups in total. The van der Waals surface area contributed by atoms with Crippen LogP contribution in [0.1, 0.15) is 19.0 Å². The van der Waals surface area contributed by atoms with Gasteiger partial charge in [0.1, 0.15) is 0 Å². The van der Waals surface area contributed by atoms with Crippen molar-refractivity contribution in [1.82, 2.24) is 4.98 Å². The molecule has 0 fully saturated rings. The zero-order valence-electron chi connectivity index (χ0n) is 10.8. The molecule has 106 valence electrons. The van der Waals surface area contributed by atoms with Crippen molar-refractivity contribution in [1.29, 1.82) is 0 Å². The van der Waals surface area contributed by atoms with Gasteiger partial charge in [-0.1, -0.05) is 40.9 Å². The van der Waals surface area contributed by atoms with Gasteiger partial charge in [-0.25, -0.2) is 0 Å². The Morgan fingerprint density at radius 1 is 1.25 bits per heavy atom. The molecule has 0 spiro atoms. The van der Waals surface area contributed by atoms with E-state index in [2.05, 4.69) is 4.98 Å². The van der Waals surface area contributed by atoms with Crippen molar-refractivity contribution in [3.8, 4) is 0 Å². The van der Waals surface area contributed by atoms with Crippen molar-refractivity contribution in [2.75, 3.05) is 6.61 Å². The predicted octanol–water partition coefficient (Wildman–Crippen LogP) is 4.69. The van der Waals surface area contributed by atoms with Gasteiger partial charge in [0.25, 0.3) is 0 Å². The Balaban J connectivity index is 2.36. The van der Waals surface area contributed by atoms with Gasteiger partial charge in [-0.05, 0) is 19.1 Å². The van der Waals surface area contributed by atoms with Crippen LogP contribution in [0.25, 0.3) is 10.9 Å². The van der Waals surface area contributed by atoms with E-state index in [1.165, 1.54) is 0 Å². The first-order valence-corrected chi connectivity index (χ1v) is 7.25. The molecule has 3 nitrogen and oxygen atoms in total. The average molecular weight is 333 g/mol. The molecule has 0 bridgehead atoms. The molecule has 0 saturated heterocycles. The summed E-state index contributed by atoms with van der Waals surface area (Å²) < 4.78 is 4.88. The lowest BCUT2D eigenvalue weighted by Gasteiger charge is -2.09. The van der Waals surface area contributed by atoms with Gasteiger partial charge in [0.05, 0.1) is 39.3 Å². The molecule has 0 atom stereocenters. The number of halogens is 3. The summed E-state index contributed by atoms with van der Waals surface area (Å²) in [7, 11) is 0. The van der Waals surface area contributed by atoms with Crippen LogP contribution in [0.4, 0.5) is 0 Å². The quantitative estimate of drug-likeness (QED) is 0.762. The summed E-state index contributed by atoms with van der Waals surface area (Å²) in [4.78, 5) is 15.8. The van der Waals surface area contributed by atoms with E-state index in [1.807, 2.05) is 0 Å². The van der Waals surface area contributed by atoms with Gasteiger partial charge >= 0.3 is 5.97 Å². The second-order valence-electron chi connectivity index (χ2n) is 4.13. The molecule has 6 heteroatoms. The zero-order valence-corrected chi connectivity index (χ0v) is 13.0. The number of pyridine rings is 1. The minimum atomic E-state index is -0.285. The third-order valence-electron chi connectivity index (χ3n) is 2.78. The number of fused-ring (bicyclic) bond motifs is 1. The molecule has 0 unspecified atom stereocenters. The van der Waals surface area contributed by atoms with Gasteiger partial charge in [-0.3, -0.25) is 9.78 Å². The number of aromatic nitrogens is 1. The predicted molar refractivity (Wildman–Crippen MR) is 81.7 cm³/mol. The number of hydrogen-bond acceptors (Lipinski definition) is 3. The Hall–Kier alpha value is -1.03. The van der Waals surface area contributed by atoms with Gasteiger partial charge in [-0.15, -0.1) is 0 Å². The summed E-state index contributed by atoms with van der Waals surface area (Å²) in [6.45, 7) is 2.12. The highest BCUT2D eigenvalue weighted by molar-refractivity contribution is 6.48. The molecule has 0 saturated carbocycles. The molecule has 0 amide bonds. The van der Waals surface area contributed by atoms with E-state index in [4.69, 9.17) is 39.5 Å². The van der Waals surface area contributed by atoms with E-state index in [9.17, 15) is 4.79 Å². The highest BCUT2D eigenvalue weighted by Crippen LogP contribution is 2.36. The SMILES string of the molecule is CCOC(=O)CCc1nc2cccc(Cl)c2c(Cl)c1Cl. The number of carbonyl (C=O) groups is 1. The Kier molecular flexibility index (Phi) is 5.08. The molecular weight excluding hydrogens is 321 g/mol. The summed E-state index contributed by atoms with van der Waals surface area (Å²) in [5.74, 6) is -0.285. The third kappa shape index (κ3) is 3.17. The second kappa shape index (κ2) is 6.61. The number of aryl methyl sites for hydroxylation is 1. The molecule has 0 aliphatic heterocycles. The molecule has 2 aromatic rings. The van der Waals surface area contributed by atoms with E-state index in [0.717, 1.165) is 0 Å². The van der Waals surface area contributed by atoms with E-state index >= 15 is 0 Å². The molecule has 1 heterocycles. The smallest absolute Gasteiger partial charge is 0.306 e. The monoisotopic (exact) mass is 331 g/mol. The second-order valence-corrected chi connectivity index (χ2v) is 5.29. The molecule has 1 aromatic heterocycles. The van der Waals surface area contributed by atoms with Gasteiger partial charge in [-0.2, -0.15) is 0 Å². The van der Waals surface area contributed by atoms with E-state index in [-0.39, 0.29) is 12.4 Å². The number of nitrogens with zero attached hydrogens (tertiary/aromatic N) is 1. The van der Waals surface area contributed by atoms with Crippen LogP contribution in [0.2, 0.25) is 15.1 Å². The van der Waals surface area contributed by atoms with Crippen molar-refractivity contribution >= 4 is 51.7 Å². The molecule has 0 radical (unpaired) electrons. The van der Waals surface area contributed by atoms with E-state index in [0.29, 0.717) is 44.7 Å². The normalized spacial score (nSPS) is 10.8. The third-order valence-corrected chi connectivity index (χ3v) is 3.98. The maximum atomic E-state index is 11.4. The summed E-state index contributed by atoms with van der Waals surface area (Å²) in [6.07, 6.45) is 0.586. The Bertz CT molecular complexity index is 658. The molecular formula is C14H12Cl3NO2. The average Bonchev–Trinajstić information content (AvgIpc) is 2.41. The fourth-order valence-corrected chi connectivity index (χ4v) is 2.72. The van der Waals surface area contributed by atoms with Gasteiger partial charge in [0.15, 0.2) is 0 Å². The summed E-state index contributed by atoms with van der Waals surface area (Å²) in [5.41, 5.74) is 1.23. The first kappa shape index (κ1) is 15.4. The number of hydrogen-bond donors (Lipinski definition) is 0. The van der Waals surface area contributed by atoms with Crippen LogP contribution in [0.15, 0.2) is 18.2 Å². The number of ether oxygens (including phenoxy) is 1. The van der Waals surface area contributed by atoms with Crippen molar-refractivity contribution in [2.24, 2.45) is 0 Å². The summed E-state index contributed by atoms with van der Waals surface area (Å²) >= 11 is 18.5. The van der Waals surface area contributed by atoms with Crippen molar-refractivity contribution in [3.05, 3.63) is 39.0 Å². The standard InChI is InChI=1S/C14H12Cl3NO2/c1-2-20-11(19)7-6-10-13(16)14(17)12-8(15)4-3-5-9(12)18-10/h3-5H,2,6-7H2,1H3. The molecule has 0 aliphatic carbocycles. The van der Waals surface area contributed by atoms with Gasteiger partial charge < -0.3 is 4.74 Å². The lowest BCUT2D eigenvalue weighted by Crippen LogP contribution is -2.06. The van der Waals surface area contributed by atoms with Crippen LogP contribution in [0.3, 0.4) is 0 Å². The summed E-state index contributed by atoms with van der Waals surface area (Å²) in [6, 6.07) is 5.32. The Morgan fingerprint density at radius 3 is 2.70 bits per heavy atom. The van der Waals surface area contributed by atoms with Gasteiger partial charge in [0.2, 0.25) is 0 Å². The van der Waals surface area contributed by atoms with Crippen LogP contribution in [0.5, 0.6) is 0 Å². The Labute approximate surface area is 131 Å². The van der Waals surface area contributed by atoms with Crippen LogP contribution in [0, 0.1) is 0 Å². The van der Waals surface area contributed by atoms with Crippen LogP contribution in [-0.4, -0.2) is 17.6 Å². The molecule has 1 aromatic carbocycles. The molecule has 20 heavy (non-hydrogen) atoms. The molecule has 0 aliphatic rings. The number of esters is 1. The van der Waals surface area contributed by atoms with Crippen LogP contribution in [-0.2, 0) is 16.0 Å². The zero-order chi connectivity index (χ0) is 14.7. The van der Waals surface area contributed by atoms with E-state index < -0.39 is 0 Å². The first-order chi connectivity index (χ1) is 9.54. The first-order valence-electron chi connectivity index (χ1n) is 6.12. The van der Waals surface area contributed by atoms with Crippen LogP contribution < -0.4 is 0 Å². The number of rotatable bonds is 4. The fourth-order valence-electron chi connectivity index (χ4n) is 1.87. The lowest BCUT2D eigenvalue weighted by atomic mass is 10.1. The number of benzene rings is 1. The largest absolute Gasteiger partial charge is 0.466 e. The minimum Gasteiger partial charge on any atom is -0.466 e. The van der Waals surface area contributed by atoms with Crippen molar-refractivity contribution < 1.29 is 9.53 Å². The Morgan fingerprint density at radius 2 is 2.00 bits per heavy atom. The maximum Gasteiger partial charge on any atom is 0.306 e.